The molecule has 0 saturated carbocycles. The molecule has 0 aliphatic carbocycles. The van der Waals surface area contributed by atoms with Crippen LogP contribution in [0, 0.1) is 5.92 Å². The first-order valence-corrected chi connectivity index (χ1v) is 6.90. The molecule has 6 nitrogen and oxygen atoms in total. The summed E-state index contributed by atoms with van der Waals surface area (Å²) in [5, 5.41) is 11.9. The van der Waals surface area contributed by atoms with Crippen molar-refractivity contribution >= 4 is 23.5 Å². The fraction of sp³-hybridized carbons (Fsp3) is 0.429. The molecule has 1 amide bonds. The van der Waals surface area contributed by atoms with Crippen LogP contribution in [0.3, 0.4) is 0 Å². The van der Waals surface area contributed by atoms with Crippen molar-refractivity contribution in [1.82, 2.24) is 5.32 Å². The lowest BCUT2D eigenvalue weighted by Crippen LogP contribution is -2.40. The summed E-state index contributed by atoms with van der Waals surface area (Å²) < 4.78 is 10.8. The SMILES string of the molecule is CC(NC(=O)c1cc(Cl)c2c(c1)OCCO2)C(C)C(=O)O. The van der Waals surface area contributed by atoms with Gasteiger partial charge in [0, 0.05) is 11.6 Å². The van der Waals surface area contributed by atoms with Gasteiger partial charge in [0.1, 0.15) is 13.2 Å². The van der Waals surface area contributed by atoms with E-state index >= 15 is 0 Å². The molecular weight excluding hydrogens is 298 g/mol. The lowest BCUT2D eigenvalue weighted by Gasteiger charge is -2.21. The Morgan fingerprint density at radius 3 is 2.62 bits per heavy atom. The second-order valence-corrected chi connectivity index (χ2v) is 5.28. The van der Waals surface area contributed by atoms with Crippen molar-refractivity contribution in [3.63, 3.8) is 0 Å². The van der Waals surface area contributed by atoms with Gasteiger partial charge in [-0.3, -0.25) is 9.59 Å². The Kier molecular flexibility index (Phi) is 4.57. The molecule has 0 radical (unpaired) electrons. The second-order valence-electron chi connectivity index (χ2n) is 4.87. The Labute approximate surface area is 127 Å². The smallest absolute Gasteiger partial charge is 0.308 e. The standard InChI is InChI=1S/C14H16ClNO5/c1-7(14(18)19)8(2)16-13(17)9-5-10(15)12-11(6-9)20-3-4-21-12/h5-8H,3-4H2,1-2H3,(H,16,17)(H,18,19). The highest BCUT2D eigenvalue weighted by atomic mass is 35.5. The van der Waals surface area contributed by atoms with Crippen LogP contribution in [0.1, 0.15) is 24.2 Å². The van der Waals surface area contributed by atoms with Crippen molar-refractivity contribution in [1.29, 1.82) is 0 Å². The maximum atomic E-state index is 12.2. The fourth-order valence-corrected chi connectivity index (χ4v) is 2.14. The van der Waals surface area contributed by atoms with Crippen LogP contribution >= 0.6 is 11.6 Å². The van der Waals surface area contributed by atoms with Crippen LogP contribution in [0.4, 0.5) is 0 Å². The number of nitrogens with one attached hydrogen (secondary N) is 1. The first-order chi connectivity index (χ1) is 9.90. The molecule has 2 N–H and O–H groups in total. The number of aliphatic carboxylic acids is 1. The van der Waals surface area contributed by atoms with E-state index in [9.17, 15) is 9.59 Å². The van der Waals surface area contributed by atoms with E-state index in [2.05, 4.69) is 5.32 Å². The van der Waals surface area contributed by atoms with E-state index in [0.29, 0.717) is 30.3 Å². The number of carboxylic acid groups (broad SMARTS) is 1. The predicted molar refractivity (Wildman–Crippen MR) is 76.2 cm³/mol. The highest BCUT2D eigenvalue weighted by Crippen LogP contribution is 2.38. The minimum atomic E-state index is -0.969. The van der Waals surface area contributed by atoms with E-state index in [-0.39, 0.29) is 5.02 Å². The number of carbonyl (C=O) groups excluding carboxylic acids is 1. The van der Waals surface area contributed by atoms with Gasteiger partial charge in [-0.15, -0.1) is 0 Å². The molecule has 1 heterocycles. The molecule has 0 saturated heterocycles. The number of rotatable bonds is 4. The number of benzene rings is 1. The molecule has 1 aromatic rings. The first kappa shape index (κ1) is 15.4. The summed E-state index contributed by atoms with van der Waals surface area (Å²) in [4.78, 5) is 23.1. The highest BCUT2D eigenvalue weighted by Gasteiger charge is 2.23. The first-order valence-electron chi connectivity index (χ1n) is 6.53. The second kappa shape index (κ2) is 6.22. The van der Waals surface area contributed by atoms with E-state index < -0.39 is 23.8 Å². The number of carboxylic acids is 1. The van der Waals surface area contributed by atoms with Gasteiger partial charge in [0.2, 0.25) is 0 Å². The molecule has 2 unspecified atom stereocenters. The van der Waals surface area contributed by atoms with Crippen LogP contribution in [-0.4, -0.2) is 36.2 Å². The third kappa shape index (κ3) is 3.39. The van der Waals surface area contributed by atoms with Crippen molar-refractivity contribution in [2.75, 3.05) is 13.2 Å². The molecule has 1 aliphatic heterocycles. The van der Waals surface area contributed by atoms with Crippen molar-refractivity contribution in [2.24, 2.45) is 5.92 Å². The summed E-state index contributed by atoms with van der Waals surface area (Å²) in [5.74, 6) is -1.23. The zero-order valence-electron chi connectivity index (χ0n) is 11.7. The number of fused-ring (bicyclic) bond motifs is 1. The summed E-state index contributed by atoms with van der Waals surface area (Å²) in [6.07, 6.45) is 0. The van der Waals surface area contributed by atoms with E-state index in [1.54, 1.807) is 6.92 Å². The van der Waals surface area contributed by atoms with Crippen molar-refractivity contribution in [2.45, 2.75) is 19.9 Å². The zero-order valence-corrected chi connectivity index (χ0v) is 12.4. The Hall–Kier alpha value is -1.95. The number of hydrogen-bond donors (Lipinski definition) is 2. The van der Waals surface area contributed by atoms with Gasteiger partial charge < -0.3 is 19.9 Å². The molecule has 2 atom stereocenters. The van der Waals surface area contributed by atoms with Gasteiger partial charge in [0.05, 0.1) is 10.9 Å². The van der Waals surface area contributed by atoms with Crippen molar-refractivity contribution in [3.8, 4) is 11.5 Å². The third-order valence-electron chi connectivity index (χ3n) is 3.36. The number of amides is 1. The summed E-state index contributed by atoms with van der Waals surface area (Å²) >= 11 is 6.06. The monoisotopic (exact) mass is 313 g/mol. The topological polar surface area (TPSA) is 84.9 Å². The molecule has 114 valence electrons. The van der Waals surface area contributed by atoms with Crippen LogP contribution in [0.25, 0.3) is 0 Å². The molecule has 0 spiro atoms. The van der Waals surface area contributed by atoms with Crippen LogP contribution in [0.2, 0.25) is 5.02 Å². The molecular formula is C14H16ClNO5. The van der Waals surface area contributed by atoms with Gasteiger partial charge in [0.15, 0.2) is 11.5 Å². The zero-order chi connectivity index (χ0) is 15.6. The molecule has 1 aliphatic rings. The van der Waals surface area contributed by atoms with E-state index in [4.69, 9.17) is 26.2 Å². The Balaban J connectivity index is 2.16. The minimum absolute atomic E-state index is 0.288. The number of hydrogen-bond acceptors (Lipinski definition) is 4. The van der Waals surface area contributed by atoms with Crippen molar-refractivity contribution in [3.05, 3.63) is 22.7 Å². The fourth-order valence-electron chi connectivity index (χ4n) is 1.87. The number of halogens is 1. The largest absolute Gasteiger partial charge is 0.486 e. The molecule has 0 bridgehead atoms. The summed E-state index contributed by atoms with van der Waals surface area (Å²) in [6.45, 7) is 3.96. The van der Waals surface area contributed by atoms with Gasteiger partial charge in [-0.1, -0.05) is 11.6 Å². The van der Waals surface area contributed by atoms with Gasteiger partial charge in [-0.2, -0.15) is 0 Å². The average molecular weight is 314 g/mol. The maximum absolute atomic E-state index is 12.2. The van der Waals surface area contributed by atoms with Gasteiger partial charge in [-0.25, -0.2) is 0 Å². The predicted octanol–water partition coefficient (Wildman–Crippen LogP) is 1.95. The minimum Gasteiger partial charge on any atom is -0.486 e. The Morgan fingerprint density at radius 1 is 1.29 bits per heavy atom. The average Bonchev–Trinajstić information content (AvgIpc) is 2.46. The van der Waals surface area contributed by atoms with Crippen LogP contribution in [0.5, 0.6) is 11.5 Å². The van der Waals surface area contributed by atoms with Crippen LogP contribution in [0.15, 0.2) is 12.1 Å². The maximum Gasteiger partial charge on any atom is 0.308 e. The van der Waals surface area contributed by atoms with Gasteiger partial charge in [-0.05, 0) is 26.0 Å². The van der Waals surface area contributed by atoms with Crippen LogP contribution < -0.4 is 14.8 Å². The summed E-state index contributed by atoms with van der Waals surface area (Å²) in [6, 6.07) is 2.50. The molecule has 0 fully saturated rings. The van der Waals surface area contributed by atoms with E-state index in [1.165, 1.54) is 19.1 Å². The molecule has 7 heteroatoms. The molecule has 21 heavy (non-hydrogen) atoms. The molecule has 1 aromatic carbocycles. The third-order valence-corrected chi connectivity index (χ3v) is 3.64. The quantitative estimate of drug-likeness (QED) is 0.887. The summed E-state index contributed by atoms with van der Waals surface area (Å²) in [7, 11) is 0. The summed E-state index contributed by atoms with van der Waals surface area (Å²) in [5.41, 5.74) is 0.300. The molecule has 2 rings (SSSR count). The van der Waals surface area contributed by atoms with Crippen LogP contribution in [-0.2, 0) is 4.79 Å². The molecule has 0 aromatic heterocycles. The van der Waals surface area contributed by atoms with E-state index in [1.807, 2.05) is 0 Å². The van der Waals surface area contributed by atoms with Gasteiger partial charge >= 0.3 is 5.97 Å². The number of carbonyl (C=O) groups is 2. The lowest BCUT2D eigenvalue weighted by molar-refractivity contribution is -0.141. The van der Waals surface area contributed by atoms with Gasteiger partial charge in [0.25, 0.3) is 5.91 Å². The highest BCUT2D eigenvalue weighted by molar-refractivity contribution is 6.32. The van der Waals surface area contributed by atoms with Crippen molar-refractivity contribution < 1.29 is 24.2 Å². The van der Waals surface area contributed by atoms with E-state index in [0.717, 1.165) is 0 Å². The number of ether oxygens (including phenoxy) is 2. The lowest BCUT2D eigenvalue weighted by atomic mass is 10.0. The Morgan fingerprint density at radius 2 is 1.95 bits per heavy atom. The Bertz CT molecular complexity index is 575. The normalized spacial score (nSPS) is 16.0.